The van der Waals surface area contributed by atoms with Crippen LogP contribution in [0.3, 0.4) is 0 Å². The number of rotatable bonds is 3. The number of carbonyl (C=O) groups is 1. The van der Waals surface area contributed by atoms with E-state index in [2.05, 4.69) is 15.6 Å². The van der Waals surface area contributed by atoms with Gasteiger partial charge >= 0.3 is 0 Å². The van der Waals surface area contributed by atoms with Crippen LogP contribution in [0, 0.1) is 5.82 Å². The molecule has 0 spiro atoms. The Bertz CT molecular complexity index is 1720. The molecule has 0 unspecified atom stereocenters. The molecule has 8 rings (SSSR count). The molecule has 4 aromatic rings. The highest BCUT2D eigenvalue weighted by Crippen LogP contribution is 2.53. The first kappa shape index (κ1) is 23.2. The van der Waals surface area contributed by atoms with Crippen molar-refractivity contribution in [1.29, 1.82) is 0 Å². The van der Waals surface area contributed by atoms with Crippen LogP contribution in [0.5, 0.6) is 0 Å². The minimum absolute atomic E-state index is 0.0273. The quantitative estimate of drug-likeness (QED) is 0.363. The van der Waals surface area contributed by atoms with Crippen LogP contribution >= 0.6 is 0 Å². The zero-order valence-electron chi connectivity index (χ0n) is 21.3. The zero-order chi connectivity index (χ0) is 26.8. The maximum atomic E-state index is 15.1. The van der Waals surface area contributed by atoms with E-state index in [0.717, 1.165) is 52.8 Å². The van der Waals surface area contributed by atoms with E-state index in [4.69, 9.17) is 10.7 Å². The fraction of sp³-hybridized carbons (Fsp3) is 0.367. The first-order valence-corrected chi connectivity index (χ1v) is 13.4. The van der Waals surface area contributed by atoms with Crippen LogP contribution in [0.15, 0.2) is 48.7 Å². The fourth-order valence-electron chi connectivity index (χ4n) is 7.08. The molecule has 2 saturated carbocycles. The van der Waals surface area contributed by atoms with Crippen LogP contribution in [0.1, 0.15) is 83.1 Å². The normalized spacial score (nSPS) is 24.3. The number of alkyl halides is 2. The third-order valence-corrected chi connectivity index (χ3v) is 9.08. The van der Waals surface area contributed by atoms with E-state index >= 15 is 4.39 Å². The number of halogens is 3. The third-order valence-electron chi connectivity index (χ3n) is 9.08. The number of hydrogen-bond donors (Lipinski definition) is 1. The van der Waals surface area contributed by atoms with Gasteiger partial charge in [0.05, 0.1) is 34.3 Å². The summed E-state index contributed by atoms with van der Waals surface area (Å²) in [5, 5.41) is 0. The average Bonchev–Trinajstić information content (AvgIpc) is 3.59. The van der Waals surface area contributed by atoms with Gasteiger partial charge in [0.1, 0.15) is 11.6 Å². The van der Waals surface area contributed by atoms with Gasteiger partial charge in [0.25, 0.3) is 11.8 Å². The molecular weight excluding hydrogens is 503 g/mol. The van der Waals surface area contributed by atoms with Crippen LogP contribution < -0.4 is 5.73 Å². The SMILES string of the molecule is CN1C(=O)c2cccc(C3CC3)c2[C@H]2C[C@@H]1c1nc3ccc(-c4cnc(C5(N)CC(F)(F)C5)c(F)c4)cc3n12. The molecule has 4 aliphatic rings. The summed E-state index contributed by atoms with van der Waals surface area (Å²) in [6.07, 6.45) is 3.31. The highest BCUT2D eigenvalue weighted by molar-refractivity contribution is 5.97. The second-order valence-electron chi connectivity index (χ2n) is 11.7. The lowest BCUT2D eigenvalue weighted by atomic mass is 9.71. The Hall–Kier alpha value is -3.72. The van der Waals surface area contributed by atoms with Crippen LogP contribution in [-0.2, 0) is 5.54 Å². The molecule has 2 fully saturated rings. The summed E-state index contributed by atoms with van der Waals surface area (Å²) in [7, 11) is 1.85. The van der Waals surface area contributed by atoms with Gasteiger partial charge in [-0.15, -0.1) is 0 Å². The standard InChI is InChI=1S/C30H26F3N5O/c1-37-24-11-23(25-18(15-5-6-15)3-2-4-19(25)28(37)39)38-22-10-16(7-8-21(22)36-27(24)38)17-9-20(31)26(35-12-17)29(34)13-30(32,33)14-29/h2-4,7-10,12,15,23-24H,5-6,11,13-14,34H2,1H3/t23-,24-/m1/s1. The van der Waals surface area contributed by atoms with E-state index in [1.54, 1.807) is 0 Å². The molecule has 2 aromatic heterocycles. The predicted octanol–water partition coefficient (Wildman–Crippen LogP) is 5.82. The number of aromatic nitrogens is 3. The van der Waals surface area contributed by atoms with Gasteiger partial charge in [-0.25, -0.2) is 18.2 Å². The van der Waals surface area contributed by atoms with Gasteiger partial charge in [-0.3, -0.25) is 9.78 Å². The van der Waals surface area contributed by atoms with Crippen molar-refractivity contribution < 1.29 is 18.0 Å². The van der Waals surface area contributed by atoms with E-state index in [1.807, 2.05) is 42.3 Å². The smallest absolute Gasteiger partial charge is 0.254 e. The molecule has 6 nitrogen and oxygen atoms in total. The number of carbonyl (C=O) groups excluding carboxylic acids is 1. The summed E-state index contributed by atoms with van der Waals surface area (Å²) in [6.45, 7) is 0. The van der Waals surface area contributed by atoms with E-state index in [1.165, 1.54) is 17.8 Å². The summed E-state index contributed by atoms with van der Waals surface area (Å²) < 4.78 is 44.4. The summed E-state index contributed by atoms with van der Waals surface area (Å²) in [6, 6.07) is 13.0. The number of hydrogen-bond acceptors (Lipinski definition) is 4. The molecule has 1 amide bonds. The van der Waals surface area contributed by atoms with E-state index in [9.17, 15) is 13.6 Å². The maximum Gasteiger partial charge on any atom is 0.254 e. The Kier molecular flexibility index (Phi) is 4.44. The van der Waals surface area contributed by atoms with Gasteiger partial charge in [-0.05, 0) is 59.7 Å². The van der Waals surface area contributed by atoms with Gasteiger partial charge < -0.3 is 15.2 Å². The molecule has 9 heteroatoms. The van der Waals surface area contributed by atoms with Gasteiger partial charge in [-0.2, -0.15) is 0 Å². The van der Waals surface area contributed by atoms with Gasteiger partial charge in [0, 0.05) is 43.6 Å². The Morgan fingerprint density at radius 3 is 2.56 bits per heavy atom. The van der Waals surface area contributed by atoms with Crippen molar-refractivity contribution >= 4 is 16.9 Å². The molecule has 2 aromatic carbocycles. The number of imidazole rings is 1. The number of benzene rings is 2. The van der Waals surface area contributed by atoms with Gasteiger partial charge in [0.15, 0.2) is 0 Å². The summed E-state index contributed by atoms with van der Waals surface area (Å²) in [5.41, 5.74) is 10.6. The minimum atomic E-state index is -2.89. The van der Waals surface area contributed by atoms with Crippen molar-refractivity contribution in [3.8, 4) is 11.1 Å². The van der Waals surface area contributed by atoms with Crippen LogP contribution in [-0.4, -0.2) is 38.3 Å². The Morgan fingerprint density at radius 1 is 1.05 bits per heavy atom. The summed E-state index contributed by atoms with van der Waals surface area (Å²) >= 11 is 0. The van der Waals surface area contributed by atoms with Crippen molar-refractivity contribution in [2.45, 2.75) is 61.6 Å². The number of fused-ring (bicyclic) bond motifs is 9. The first-order chi connectivity index (χ1) is 18.6. The lowest BCUT2D eigenvalue weighted by Crippen LogP contribution is -2.56. The molecule has 39 heavy (non-hydrogen) atoms. The lowest BCUT2D eigenvalue weighted by molar-refractivity contribution is -0.127. The fourth-order valence-corrected chi connectivity index (χ4v) is 7.08. The van der Waals surface area contributed by atoms with Crippen molar-refractivity contribution in [3.63, 3.8) is 0 Å². The molecule has 2 N–H and O–H groups in total. The van der Waals surface area contributed by atoms with Gasteiger partial charge in [-0.1, -0.05) is 18.2 Å². The molecule has 2 aliphatic heterocycles. The number of nitrogens with two attached hydrogens (primary N) is 1. The lowest BCUT2D eigenvalue weighted by Gasteiger charge is -2.43. The highest BCUT2D eigenvalue weighted by atomic mass is 19.3. The van der Waals surface area contributed by atoms with Crippen molar-refractivity contribution in [2.75, 3.05) is 7.05 Å². The van der Waals surface area contributed by atoms with Crippen molar-refractivity contribution in [2.24, 2.45) is 5.73 Å². The summed E-state index contributed by atoms with van der Waals surface area (Å²) in [5.74, 6) is -2.20. The Labute approximate surface area is 222 Å². The maximum absolute atomic E-state index is 15.1. The first-order valence-electron chi connectivity index (χ1n) is 13.4. The molecular formula is C30H26F3N5O. The summed E-state index contributed by atoms with van der Waals surface area (Å²) in [4.78, 5) is 24.4. The van der Waals surface area contributed by atoms with Crippen molar-refractivity contribution in [1.82, 2.24) is 19.4 Å². The molecule has 2 aliphatic carbocycles. The highest BCUT2D eigenvalue weighted by Gasteiger charge is 2.57. The molecule has 0 saturated heterocycles. The van der Waals surface area contributed by atoms with E-state index in [0.29, 0.717) is 11.5 Å². The molecule has 198 valence electrons. The number of amides is 1. The monoisotopic (exact) mass is 529 g/mol. The third kappa shape index (κ3) is 3.22. The van der Waals surface area contributed by atoms with Gasteiger partial charge in [0.2, 0.25) is 0 Å². The second kappa shape index (κ2) is 7.47. The second-order valence-corrected chi connectivity index (χ2v) is 11.7. The van der Waals surface area contributed by atoms with Crippen LogP contribution in [0.2, 0.25) is 0 Å². The number of nitrogens with zero attached hydrogens (tertiary/aromatic N) is 4. The van der Waals surface area contributed by atoms with E-state index < -0.39 is 30.1 Å². The topological polar surface area (TPSA) is 77.0 Å². The van der Waals surface area contributed by atoms with Crippen LogP contribution in [0.25, 0.3) is 22.2 Å². The molecule has 2 atom stereocenters. The average molecular weight is 530 g/mol. The predicted molar refractivity (Wildman–Crippen MR) is 139 cm³/mol. The number of pyridine rings is 1. The van der Waals surface area contributed by atoms with Crippen molar-refractivity contribution in [3.05, 3.63) is 82.7 Å². The van der Waals surface area contributed by atoms with Crippen LogP contribution in [0.4, 0.5) is 13.2 Å². The Balaban J connectivity index is 1.25. The molecule has 0 radical (unpaired) electrons. The minimum Gasteiger partial charge on any atom is -0.331 e. The molecule has 2 bridgehead atoms. The Morgan fingerprint density at radius 2 is 1.85 bits per heavy atom. The van der Waals surface area contributed by atoms with E-state index in [-0.39, 0.29) is 23.7 Å². The zero-order valence-corrected chi connectivity index (χ0v) is 21.3. The molecule has 4 heterocycles. The largest absolute Gasteiger partial charge is 0.331 e.